The highest BCUT2D eigenvalue weighted by Gasteiger charge is 2.33. The van der Waals surface area contributed by atoms with Gasteiger partial charge in [-0.3, -0.25) is 4.79 Å². The van der Waals surface area contributed by atoms with E-state index in [0.717, 1.165) is 0 Å². The molecule has 2 heterocycles. The molecular weight excluding hydrogens is 292 g/mol. The normalized spacial score (nSPS) is 18.2. The van der Waals surface area contributed by atoms with Crippen molar-refractivity contribution in [3.8, 4) is 0 Å². The fourth-order valence-corrected chi connectivity index (χ4v) is 2.61. The summed E-state index contributed by atoms with van der Waals surface area (Å²) < 4.78 is 32.4. The number of hydrogen-bond donors (Lipinski definition) is 0. The van der Waals surface area contributed by atoms with Gasteiger partial charge in [-0.15, -0.1) is 0 Å². The number of carbonyl (C=O) groups is 1. The third-order valence-corrected chi connectivity index (χ3v) is 3.83. The molecule has 1 atom stereocenters. The highest BCUT2D eigenvalue weighted by molar-refractivity contribution is 5.79. The van der Waals surface area contributed by atoms with Crippen molar-refractivity contribution >= 4 is 5.91 Å². The van der Waals surface area contributed by atoms with Gasteiger partial charge in [0, 0.05) is 31.5 Å². The molecule has 0 aliphatic carbocycles. The monoisotopic (exact) mass is 307 g/mol. The molecular formula is C15H15F2N3O2. The molecule has 1 aromatic heterocycles. The van der Waals surface area contributed by atoms with Crippen molar-refractivity contribution < 1.29 is 18.1 Å². The van der Waals surface area contributed by atoms with E-state index in [1.54, 1.807) is 4.90 Å². The van der Waals surface area contributed by atoms with Crippen molar-refractivity contribution in [1.29, 1.82) is 0 Å². The van der Waals surface area contributed by atoms with Gasteiger partial charge in [-0.05, 0) is 19.1 Å². The van der Waals surface area contributed by atoms with E-state index in [9.17, 15) is 13.6 Å². The van der Waals surface area contributed by atoms with E-state index in [0.29, 0.717) is 25.4 Å². The number of nitrogens with zero attached hydrogens (tertiary/aromatic N) is 3. The van der Waals surface area contributed by atoms with Crippen LogP contribution >= 0.6 is 0 Å². The zero-order valence-corrected chi connectivity index (χ0v) is 12.1. The van der Waals surface area contributed by atoms with Crippen LogP contribution < -0.4 is 0 Å². The molecule has 1 amide bonds. The molecule has 1 aliphatic rings. The molecule has 0 bridgehead atoms. The molecule has 1 aromatic carbocycles. The molecule has 5 nitrogen and oxygen atoms in total. The minimum atomic E-state index is -0.639. The second-order valence-electron chi connectivity index (χ2n) is 5.26. The van der Waals surface area contributed by atoms with Crippen LogP contribution in [0.3, 0.4) is 0 Å². The molecule has 1 aliphatic heterocycles. The molecule has 116 valence electrons. The molecule has 0 spiro atoms. The fourth-order valence-electron chi connectivity index (χ4n) is 2.61. The van der Waals surface area contributed by atoms with Crippen molar-refractivity contribution in [2.75, 3.05) is 13.1 Å². The first kappa shape index (κ1) is 14.6. The van der Waals surface area contributed by atoms with Crippen LogP contribution in [-0.4, -0.2) is 34.0 Å². The number of hydrogen-bond acceptors (Lipinski definition) is 4. The van der Waals surface area contributed by atoms with Gasteiger partial charge in [0.1, 0.15) is 11.6 Å². The van der Waals surface area contributed by atoms with Gasteiger partial charge in [-0.2, -0.15) is 4.98 Å². The first-order chi connectivity index (χ1) is 10.6. The Kier molecular flexibility index (Phi) is 3.87. The minimum absolute atomic E-state index is 0.0485. The number of likely N-dealkylation sites (N-methyl/N-ethyl adjacent to an activating group) is 1. The topological polar surface area (TPSA) is 59.2 Å². The zero-order valence-electron chi connectivity index (χ0n) is 12.1. The Morgan fingerprint density at radius 3 is 2.73 bits per heavy atom. The third-order valence-electron chi connectivity index (χ3n) is 3.83. The average molecular weight is 307 g/mol. The Labute approximate surface area is 125 Å². The van der Waals surface area contributed by atoms with Crippen molar-refractivity contribution in [1.82, 2.24) is 15.0 Å². The molecule has 0 unspecified atom stereocenters. The summed E-state index contributed by atoms with van der Waals surface area (Å²) in [5.74, 6) is -0.830. The van der Waals surface area contributed by atoms with Gasteiger partial charge >= 0.3 is 0 Å². The molecule has 22 heavy (non-hydrogen) atoms. The van der Waals surface area contributed by atoms with Gasteiger partial charge < -0.3 is 9.42 Å². The number of halogens is 2. The molecule has 1 saturated heterocycles. The number of benzene rings is 1. The van der Waals surface area contributed by atoms with E-state index in [1.165, 1.54) is 18.2 Å². The minimum Gasteiger partial charge on any atom is -0.342 e. The molecule has 0 radical (unpaired) electrons. The van der Waals surface area contributed by atoms with Crippen molar-refractivity contribution in [2.24, 2.45) is 0 Å². The van der Waals surface area contributed by atoms with Gasteiger partial charge in [-0.1, -0.05) is 11.2 Å². The Balaban J connectivity index is 1.76. The number of rotatable bonds is 4. The maximum absolute atomic E-state index is 13.6. The van der Waals surface area contributed by atoms with E-state index >= 15 is 0 Å². The summed E-state index contributed by atoms with van der Waals surface area (Å²) >= 11 is 0. The third kappa shape index (κ3) is 2.70. The maximum Gasteiger partial charge on any atom is 0.232 e. The second-order valence-corrected chi connectivity index (χ2v) is 5.26. The molecule has 1 fully saturated rings. The SMILES string of the molecule is CCN1C[C@H](c2nc(Cc3c(F)cccc3F)no2)CC1=O. The predicted molar refractivity (Wildman–Crippen MR) is 73.1 cm³/mol. The van der Waals surface area contributed by atoms with Gasteiger partial charge in [-0.25, -0.2) is 8.78 Å². The standard InChI is InChI=1S/C15H15F2N3O2/c1-2-20-8-9(6-14(20)21)15-18-13(19-22-15)7-10-11(16)4-3-5-12(10)17/h3-5,9H,2,6-8H2,1H3/t9-/m1/s1. The Morgan fingerprint density at radius 1 is 1.36 bits per heavy atom. The van der Waals surface area contributed by atoms with Gasteiger partial charge in [0.25, 0.3) is 0 Å². The van der Waals surface area contributed by atoms with Crippen LogP contribution in [0.5, 0.6) is 0 Å². The van der Waals surface area contributed by atoms with Gasteiger partial charge in [0.15, 0.2) is 5.82 Å². The number of carbonyl (C=O) groups excluding carboxylic acids is 1. The summed E-state index contributed by atoms with van der Waals surface area (Å²) in [6.07, 6.45) is 0.240. The average Bonchev–Trinajstić information content (AvgIpc) is 3.09. The summed E-state index contributed by atoms with van der Waals surface area (Å²) in [4.78, 5) is 17.6. The maximum atomic E-state index is 13.6. The first-order valence-electron chi connectivity index (χ1n) is 7.11. The molecule has 0 saturated carbocycles. The lowest BCUT2D eigenvalue weighted by molar-refractivity contribution is -0.127. The lowest BCUT2D eigenvalue weighted by atomic mass is 10.1. The molecule has 0 N–H and O–H groups in total. The van der Waals surface area contributed by atoms with Gasteiger partial charge in [0.2, 0.25) is 11.8 Å². The predicted octanol–water partition coefficient (Wildman–Crippen LogP) is 2.27. The zero-order chi connectivity index (χ0) is 15.7. The summed E-state index contributed by atoms with van der Waals surface area (Å²) in [6, 6.07) is 3.68. The smallest absolute Gasteiger partial charge is 0.232 e. The number of amides is 1. The largest absolute Gasteiger partial charge is 0.342 e. The molecule has 7 heteroatoms. The van der Waals surface area contributed by atoms with E-state index in [-0.39, 0.29) is 29.6 Å². The van der Waals surface area contributed by atoms with E-state index in [1.807, 2.05) is 6.92 Å². The van der Waals surface area contributed by atoms with Crippen molar-refractivity contribution in [3.63, 3.8) is 0 Å². The Morgan fingerprint density at radius 2 is 2.09 bits per heavy atom. The van der Waals surface area contributed by atoms with Crippen molar-refractivity contribution in [3.05, 3.63) is 47.1 Å². The molecule has 2 aromatic rings. The quantitative estimate of drug-likeness (QED) is 0.869. The number of aromatic nitrogens is 2. The van der Waals surface area contributed by atoms with Crippen LogP contribution in [0.1, 0.15) is 36.5 Å². The number of likely N-dealkylation sites (tertiary alicyclic amines) is 1. The van der Waals surface area contributed by atoms with Crippen LogP contribution in [-0.2, 0) is 11.2 Å². The second kappa shape index (κ2) is 5.82. The Hall–Kier alpha value is -2.31. The lowest BCUT2D eigenvalue weighted by Crippen LogP contribution is -2.24. The van der Waals surface area contributed by atoms with E-state index in [2.05, 4.69) is 10.1 Å². The summed E-state index contributed by atoms with van der Waals surface area (Å²) in [5.41, 5.74) is -0.0902. The first-order valence-corrected chi connectivity index (χ1v) is 7.11. The van der Waals surface area contributed by atoms with Gasteiger partial charge in [0.05, 0.1) is 5.92 Å². The fraction of sp³-hybridized carbons (Fsp3) is 0.400. The highest BCUT2D eigenvalue weighted by Crippen LogP contribution is 2.27. The summed E-state index contributed by atoms with van der Waals surface area (Å²) in [6.45, 7) is 3.07. The van der Waals surface area contributed by atoms with Crippen LogP contribution in [0.2, 0.25) is 0 Å². The summed E-state index contributed by atoms with van der Waals surface area (Å²) in [7, 11) is 0. The Bertz CT molecular complexity index is 682. The van der Waals surface area contributed by atoms with Crippen LogP contribution in [0.15, 0.2) is 22.7 Å². The van der Waals surface area contributed by atoms with E-state index in [4.69, 9.17) is 4.52 Å². The highest BCUT2D eigenvalue weighted by atomic mass is 19.1. The van der Waals surface area contributed by atoms with E-state index < -0.39 is 11.6 Å². The van der Waals surface area contributed by atoms with Crippen LogP contribution in [0.25, 0.3) is 0 Å². The molecule has 3 rings (SSSR count). The van der Waals surface area contributed by atoms with Crippen LogP contribution in [0.4, 0.5) is 8.78 Å². The lowest BCUT2D eigenvalue weighted by Gasteiger charge is -2.11. The van der Waals surface area contributed by atoms with Crippen LogP contribution in [0, 0.1) is 11.6 Å². The van der Waals surface area contributed by atoms with Crippen molar-refractivity contribution in [2.45, 2.75) is 25.7 Å². The summed E-state index contributed by atoms with van der Waals surface area (Å²) in [5, 5.41) is 3.76.